The Labute approximate surface area is 208 Å². The molecular weight excluding hydrogens is 500 g/mol. The zero-order valence-electron chi connectivity index (χ0n) is 19.8. The largest absolute Gasteiger partial charge is 0.423 e. The Balaban J connectivity index is 1.56. The van der Waals surface area contributed by atoms with E-state index in [1.54, 1.807) is 6.07 Å². The van der Waals surface area contributed by atoms with Crippen molar-refractivity contribution in [1.82, 2.24) is 14.5 Å². The van der Waals surface area contributed by atoms with Crippen LogP contribution in [0.25, 0.3) is 0 Å². The molecule has 1 aromatic carbocycles. The van der Waals surface area contributed by atoms with E-state index >= 15 is 0 Å². The van der Waals surface area contributed by atoms with E-state index in [1.165, 1.54) is 6.07 Å². The lowest BCUT2D eigenvalue weighted by molar-refractivity contribution is -0.140. The number of alkyl halides is 3. The van der Waals surface area contributed by atoms with E-state index < -0.39 is 47.0 Å². The molecule has 1 saturated heterocycles. The van der Waals surface area contributed by atoms with Crippen LogP contribution in [0.5, 0.6) is 0 Å². The van der Waals surface area contributed by atoms with Crippen molar-refractivity contribution in [3.8, 4) is 6.07 Å². The van der Waals surface area contributed by atoms with Gasteiger partial charge in [0.25, 0.3) is 11.5 Å². The van der Waals surface area contributed by atoms with Crippen LogP contribution in [-0.2, 0) is 17.5 Å². The number of hydrogen-bond donors (Lipinski definition) is 2. The summed E-state index contributed by atoms with van der Waals surface area (Å²) in [6.07, 6.45) is -3.70. The lowest BCUT2D eigenvalue weighted by Crippen LogP contribution is -2.44. The molecular formula is C24H26F4N4O5. The summed E-state index contributed by atoms with van der Waals surface area (Å²) in [7, 11) is 0. The Hall–Kier alpha value is -3.50. The predicted molar refractivity (Wildman–Crippen MR) is 122 cm³/mol. The van der Waals surface area contributed by atoms with Crippen molar-refractivity contribution in [2.75, 3.05) is 13.2 Å². The van der Waals surface area contributed by atoms with Gasteiger partial charge < -0.3 is 15.2 Å². The first kappa shape index (κ1) is 28.1. The van der Waals surface area contributed by atoms with Crippen molar-refractivity contribution in [1.29, 1.82) is 5.26 Å². The third-order valence-corrected chi connectivity index (χ3v) is 6.04. The third kappa shape index (κ3) is 6.84. The quantitative estimate of drug-likeness (QED) is 0.362. The molecule has 2 atom stereocenters. The number of halogens is 4. The Morgan fingerprint density at radius 3 is 2.57 bits per heavy atom. The number of hydrogen-bond acceptors (Lipinski definition) is 6. The van der Waals surface area contributed by atoms with Crippen molar-refractivity contribution >= 4 is 5.91 Å². The molecule has 0 saturated carbocycles. The van der Waals surface area contributed by atoms with Crippen LogP contribution in [0.3, 0.4) is 0 Å². The highest BCUT2D eigenvalue weighted by molar-refractivity contribution is 5.94. The number of aliphatic hydroxyl groups is 1. The van der Waals surface area contributed by atoms with Gasteiger partial charge in [0.05, 0.1) is 18.3 Å². The number of carbonyl (C=O) groups excluding carboxylic acids is 1. The van der Waals surface area contributed by atoms with Gasteiger partial charge in [0.15, 0.2) is 0 Å². The van der Waals surface area contributed by atoms with Crippen LogP contribution in [0.15, 0.2) is 34.0 Å². The second kappa shape index (κ2) is 12.2. The van der Waals surface area contributed by atoms with Crippen LogP contribution in [0.1, 0.15) is 66.2 Å². The maximum atomic E-state index is 13.5. The van der Waals surface area contributed by atoms with Gasteiger partial charge in [-0.3, -0.25) is 18.7 Å². The Kier molecular flexibility index (Phi) is 9.23. The van der Waals surface area contributed by atoms with Crippen LogP contribution < -0.4 is 16.6 Å². The monoisotopic (exact) mass is 526 g/mol. The molecule has 2 heterocycles. The summed E-state index contributed by atoms with van der Waals surface area (Å²) >= 11 is 0. The standard InChI is InChI=1S/C24H26F4N4O5/c25-19-7-5-15(11-16(19)12-29)21(34)30-9-3-1-2-4-10-31-22(35)18(24(26,27)28)13-32(23(31)36)20-8-6-17(14-33)37-20/h5,7,11,13,17,20,33H,1-4,6,8-10,14H2,(H,30,34)/t17-,20+/m0/s1. The summed E-state index contributed by atoms with van der Waals surface area (Å²) in [6, 6.07) is 5.08. The fourth-order valence-electron chi connectivity index (χ4n) is 4.05. The fraction of sp³-hybridized carbons (Fsp3) is 0.500. The van der Waals surface area contributed by atoms with Crippen LogP contribution in [0, 0.1) is 17.1 Å². The molecule has 1 amide bonds. The van der Waals surface area contributed by atoms with Gasteiger partial charge in [-0.2, -0.15) is 18.4 Å². The predicted octanol–water partition coefficient (Wildman–Crippen LogP) is 2.70. The van der Waals surface area contributed by atoms with E-state index in [4.69, 9.17) is 10.00 Å². The van der Waals surface area contributed by atoms with Crippen molar-refractivity contribution in [3.63, 3.8) is 0 Å². The van der Waals surface area contributed by atoms with E-state index in [1.807, 2.05) is 0 Å². The number of amides is 1. The van der Waals surface area contributed by atoms with Crippen molar-refractivity contribution in [2.45, 2.75) is 63.6 Å². The molecule has 200 valence electrons. The molecule has 1 aliphatic heterocycles. The minimum atomic E-state index is -4.96. The van der Waals surface area contributed by atoms with Gasteiger partial charge in [-0.15, -0.1) is 0 Å². The zero-order chi connectivity index (χ0) is 27.2. The number of aliphatic hydroxyl groups excluding tert-OH is 1. The fourth-order valence-corrected chi connectivity index (χ4v) is 4.05. The Morgan fingerprint density at radius 1 is 1.19 bits per heavy atom. The van der Waals surface area contributed by atoms with Crippen LogP contribution >= 0.6 is 0 Å². The maximum absolute atomic E-state index is 13.5. The number of nitrogens with one attached hydrogen (secondary N) is 1. The van der Waals surface area contributed by atoms with Crippen LogP contribution in [-0.4, -0.2) is 39.4 Å². The number of unbranched alkanes of at least 4 members (excludes halogenated alkanes) is 3. The number of aromatic nitrogens is 2. The molecule has 0 bridgehead atoms. The normalized spacial score (nSPS) is 17.5. The first-order chi connectivity index (χ1) is 17.6. The molecule has 1 fully saturated rings. The molecule has 2 N–H and O–H groups in total. The minimum absolute atomic E-state index is 0.134. The molecule has 1 aromatic heterocycles. The van der Waals surface area contributed by atoms with Gasteiger partial charge in [-0.05, 0) is 43.9 Å². The number of carbonyl (C=O) groups is 1. The Morgan fingerprint density at radius 2 is 1.92 bits per heavy atom. The summed E-state index contributed by atoms with van der Waals surface area (Å²) in [5.41, 5.74) is -3.91. The van der Waals surface area contributed by atoms with Crippen LogP contribution in [0.2, 0.25) is 0 Å². The van der Waals surface area contributed by atoms with Crippen molar-refractivity contribution in [2.24, 2.45) is 0 Å². The maximum Gasteiger partial charge on any atom is 0.423 e. The smallest absolute Gasteiger partial charge is 0.394 e. The molecule has 3 rings (SSSR count). The summed E-state index contributed by atoms with van der Waals surface area (Å²) in [5.74, 6) is -1.21. The highest BCUT2D eigenvalue weighted by Crippen LogP contribution is 2.30. The number of nitrogens with zero attached hydrogens (tertiary/aromatic N) is 3. The molecule has 0 aliphatic carbocycles. The summed E-state index contributed by atoms with van der Waals surface area (Å²) in [4.78, 5) is 37.4. The van der Waals surface area contributed by atoms with Crippen molar-refractivity contribution < 1.29 is 32.2 Å². The van der Waals surface area contributed by atoms with Gasteiger partial charge in [0, 0.05) is 24.8 Å². The van der Waals surface area contributed by atoms with E-state index in [9.17, 15) is 37.1 Å². The summed E-state index contributed by atoms with van der Waals surface area (Å²) in [6.45, 7) is -0.293. The van der Waals surface area contributed by atoms with Crippen molar-refractivity contribution in [3.05, 3.63) is 67.7 Å². The first-order valence-corrected chi connectivity index (χ1v) is 11.7. The molecule has 1 aliphatic rings. The molecule has 13 heteroatoms. The van der Waals surface area contributed by atoms with E-state index in [2.05, 4.69) is 5.32 Å². The molecule has 37 heavy (non-hydrogen) atoms. The zero-order valence-corrected chi connectivity index (χ0v) is 19.8. The average molecular weight is 526 g/mol. The molecule has 0 spiro atoms. The third-order valence-electron chi connectivity index (χ3n) is 6.04. The SMILES string of the molecule is N#Cc1cc(C(=O)NCCCCCCn2c(=O)c(C(F)(F)F)cn([C@H]3CC[C@@H](CO)O3)c2=O)ccc1F. The van der Waals surface area contributed by atoms with Gasteiger partial charge in [0.1, 0.15) is 23.7 Å². The number of rotatable bonds is 10. The van der Waals surface area contributed by atoms with Crippen LogP contribution in [0.4, 0.5) is 17.6 Å². The lowest BCUT2D eigenvalue weighted by atomic mass is 10.1. The van der Waals surface area contributed by atoms with Gasteiger partial charge >= 0.3 is 11.9 Å². The summed E-state index contributed by atoms with van der Waals surface area (Å²) < 4.78 is 60.5. The summed E-state index contributed by atoms with van der Waals surface area (Å²) in [5, 5.41) is 20.7. The second-order valence-corrected chi connectivity index (χ2v) is 8.64. The molecule has 0 radical (unpaired) electrons. The lowest BCUT2D eigenvalue weighted by Gasteiger charge is -2.19. The minimum Gasteiger partial charge on any atom is -0.394 e. The van der Waals surface area contributed by atoms with E-state index in [-0.39, 0.29) is 43.7 Å². The topological polar surface area (TPSA) is 126 Å². The van der Waals surface area contributed by atoms with Gasteiger partial charge in [-0.25, -0.2) is 9.18 Å². The molecule has 9 nitrogen and oxygen atoms in total. The first-order valence-electron chi connectivity index (χ1n) is 11.7. The average Bonchev–Trinajstić information content (AvgIpc) is 3.33. The van der Waals surface area contributed by atoms with E-state index in [0.717, 1.165) is 16.7 Å². The number of benzene rings is 1. The second-order valence-electron chi connectivity index (χ2n) is 8.64. The Bertz CT molecular complexity index is 1280. The number of ether oxygens (including phenoxy) is 1. The van der Waals surface area contributed by atoms with Gasteiger partial charge in [0.2, 0.25) is 0 Å². The highest BCUT2D eigenvalue weighted by atomic mass is 19.4. The highest BCUT2D eigenvalue weighted by Gasteiger charge is 2.37. The van der Waals surface area contributed by atoms with E-state index in [0.29, 0.717) is 36.4 Å². The molecule has 2 aromatic rings. The number of nitriles is 1. The van der Waals surface area contributed by atoms with Gasteiger partial charge in [-0.1, -0.05) is 12.8 Å². The molecule has 0 unspecified atom stereocenters.